The number of halogens is 2. The van der Waals surface area contributed by atoms with Crippen LogP contribution in [0.3, 0.4) is 0 Å². The van der Waals surface area contributed by atoms with Crippen molar-refractivity contribution in [1.29, 1.82) is 0 Å². The molecule has 102 valence electrons. The van der Waals surface area contributed by atoms with E-state index in [0.29, 0.717) is 0 Å². The number of nitrogens with one attached hydrogen (secondary N) is 2. The van der Waals surface area contributed by atoms with Gasteiger partial charge >= 0.3 is 0 Å². The molecule has 1 atom stereocenters. The van der Waals surface area contributed by atoms with Crippen LogP contribution in [0.25, 0.3) is 0 Å². The van der Waals surface area contributed by atoms with E-state index in [2.05, 4.69) is 10.0 Å². The number of hydrogen-bond acceptors (Lipinski definition) is 3. The maximum Gasteiger partial charge on any atom is 0.215 e. The van der Waals surface area contributed by atoms with E-state index in [4.69, 9.17) is 0 Å². The van der Waals surface area contributed by atoms with Gasteiger partial charge in [-0.25, -0.2) is 21.9 Å². The predicted molar refractivity (Wildman–Crippen MR) is 65.5 cm³/mol. The molecule has 1 unspecified atom stereocenters. The number of sulfonamides is 1. The molecule has 0 amide bonds. The first kappa shape index (κ1) is 15.0. The van der Waals surface area contributed by atoms with Crippen molar-refractivity contribution in [3.05, 3.63) is 35.4 Å². The zero-order valence-electron chi connectivity index (χ0n) is 10.2. The van der Waals surface area contributed by atoms with Gasteiger partial charge in [0.15, 0.2) is 0 Å². The monoisotopic (exact) mass is 278 g/mol. The van der Waals surface area contributed by atoms with Gasteiger partial charge in [0.25, 0.3) is 0 Å². The second kappa shape index (κ2) is 6.21. The van der Waals surface area contributed by atoms with Gasteiger partial charge in [-0.2, -0.15) is 0 Å². The standard InChI is InChI=1S/C11H16F2N2O2S/c1-8(6-14-2)18(16,17)15-7-9-5-10(12)3-4-11(9)13/h3-5,8,14-15H,6-7H2,1-2H3. The molecule has 1 aromatic carbocycles. The van der Waals surface area contributed by atoms with E-state index < -0.39 is 26.9 Å². The summed E-state index contributed by atoms with van der Waals surface area (Å²) in [6.07, 6.45) is 0. The van der Waals surface area contributed by atoms with Crippen LogP contribution < -0.4 is 10.0 Å². The second-order valence-corrected chi connectivity index (χ2v) is 6.15. The van der Waals surface area contributed by atoms with E-state index in [-0.39, 0.29) is 18.7 Å². The molecule has 0 fully saturated rings. The minimum absolute atomic E-state index is 0.0183. The lowest BCUT2D eigenvalue weighted by Gasteiger charge is -2.13. The van der Waals surface area contributed by atoms with Gasteiger partial charge < -0.3 is 5.32 Å². The minimum Gasteiger partial charge on any atom is -0.318 e. The SMILES string of the molecule is CNCC(C)S(=O)(=O)NCc1cc(F)ccc1F. The molecule has 2 N–H and O–H groups in total. The molecular weight excluding hydrogens is 262 g/mol. The van der Waals surface area contributed by atoms with Gasteiger partial charge in [0.1, 0.15) is 11.6 Å². The summed E-state index contributed by atoms with van der Waals surface area (Å²) in [6.45, 7) is 1.54. The van der Waals surface area contributed by atoms with Gasteiger partial charge in [0.2, 0.25) is 10.0 Å². The molecule has 7 heteroatoms. The predicted octanol–water partition coefficient (Wildman–Crippen LogP) is 0.992. The van der Waals surface area contributed by atoms with Gasteiger partial charge in [-0.3, -0.25) is 0 Å². The molecule has 0 aliphatic heterocycles. The van der Waals surface area contributed by atoms with Crippen LogP contribution in [0, 0.1) is 11.6 Å². The zero-order chi connectivity index (χ0) is 13.8. The van der Waals surface area contributed by atoms with E-state index in [1.54, 1.807) is 7.05 Å². The number of benzene rings is 1. The Kier molecular flexibility index (Phi) is 5.18. The molecule has 0 radical (unpaired) electrons. The summed E-state index contributed by atoms with van der Waals surface area (Å²) in [5.41, 5.74) is -0.0183. The maximum atomic E-state index is 13.3. The number of hydrogen-bond donors (Lipinski definition) is 2. The van der Waals surface area contributed by atoms with E-state index in [0.717, 1.165) is 18.2 Å². The molecule has 0 aromatic heterocycles. The van der Waals surface area contributed by atoms with Gasteiger partial charge in [-0.15, -0.1) is 0 Å². The first-order valence-electron chi connectivity index (χ1n) is 5.44. The maximum absolute atomic E-state index is 13.3. The molecule has 1 rings (SSSR count). The molecule has 18 heavy (non-hydrogen) atoms. The third-order valence-electron chi connectivity index (χ3n) is 2.49. The van der Waals surface area contributed by atoms with Gasteiger partial charge in [0, 0.05) is 18.7 Å². The molecule has 4 nitrogen and oxygen atoms in total. The lowest BCUT2D eigenvalue weighted by atomic mass is 10.2. The van der Waals surface area contributed by atoms with Crippen molar-refractivity contribution in [2.75, 3.05) is 13.6 Å². The normalized spacial score (nSPS) is 13.6. The fraction of sp³-hybridized carbons (Fsp3) is 0.455. The summed E-state index contributed by atoms with van der Waals surface area (Å²) < 4.78 is 51.9. The fourth-order valence-corrected chi connectivity index (χ4v) is 2.42. The van der Waals surface area contributed by atoms with Gasteiger partial charge in [-0.1, -0.05) is 0 Å². The molecule has 0 spiro atoms. The Labute approximate surface area is 105 Å². The van der Waals surface area contributed by atoms with Crippen molar-refractivity contribution >= 4 is 10.0 Å². The molecule has 0 aliphatic rings. The van der Waals surface area contributed by atoms with E-state index in [1.165, 1.54) is 6.92 Å². The Morgan fingerprint density at radius 1 is 1.33 bits per heavy atom. The second-order valence-electron chi connectivity index (χ2n) is 3.97. The molecule has 0 saturated heterocycles. The van der Waals surface area contributed by atoms with Crippen LogP contribution >= 0.6 is 0 Å². The van der Waals surface area contributed by atoms with Crippen molar-refractivity contribution in [3.8, 4) is 0 Å². The topological polar surface area (TPSA) is 58.2 Å². The first-order chi connectivity index (χ1) is 8.36. The molecule has 0 saturated carbocycles. The lowest BCUT2D eigenvalue weighted by Crippen LogP contribution is -2.37. The Hall–Kier alpha value is -1.05. The van der Waals surface area contributed by atoms with Crippen LogP contribution in [0.2, 0.25) is 0 Å². The zero-order valence-corrected chi connectivity index (χ0v) is 11.0. The highest BCUT2D eigenvalue weighted by atomic mass is 32.2. The Bertz CT molecular complexity index is 506. The smallest absolute Gasteiger partial charge is 0.215 e. The van der Waals surface area contributed by atoms with Crippen LogP contribution in [0.5, 0.6) is 0 Å². The van der Waals surface area contributed by atoms with Gasteiger partial charge in [-0.05, 0) is 32.2 Å². The molecule has 0 heterocycles. The van der Waals surface area contributed by atoms with Crippen molar-refractivity contribution in [1.82, 2.24) is 10.0 Å². The van der Waals surface area contributed by atoms with Crippen LogP contribution in [0.15, 0.2) is 18.2 Å². The third kappa shape index (κ3) is 4.01. The minimum atomic E-state index is -3.55. The summed E-state index contributed by atoms with van der Waals surface area (Å²) in [4.78, 5) is 0. The highest BCUT2D eigenvalue weighted by molar-refractivity contribution is 7.90. The van der Waals surface area contributed by atoms with Crippen molar-refractivity contribution in [2.45, 2.75) is 18.7 Å². The molecule has 1 aromatic rings. The Morgan fingerprint density at radius 2 is 2.00 bits per heavy atom. The number of rotatable bonds is 6. The average molecular weight is 278 g/mol. The van der Waals surface area contributed by atoms with Crippen molar-refractivity contribution < 1.29 is 17.2 Å². The molecule has 0 bridgehead atoms. The van der Waals surface area contributed by atoms with E-state index in [1.807, 2.05) is 0 Å². The van der Waals surface area contributed by atoms with E-state index in [9.17, 15) is 17.2 Å². The lowest BCUT2D eigenvalue weighted by molar-refractivity contribution is 0.555. The van der Waals surface area contributed by atoms with Crippen LogP contribution in [0.1, 0.15) is 12.5 Å². The molecule has 0 aliphatic carbocycles. The quantitative estimate of drug-likeness (QED) is 0.816. The highest BCUT2D eigenvalue weighted by Crippen LogP contribution is 2.10. The largest absolute Gasteiger partial charge is 0.318 e. The fourth-order valence-electron chi connectivity index (χ4n) is 1.40. The summed E-state index contributed by atoms with van der Waals surface area (Å²) in [5, 5.41) is 2.09. The molecular formula is C11H16F2N2O2S. The van der Waals surface area contributed by atoms with Crippen molar-refractivity contribution in [2.24, 2.45) is 0 Å². The van der Waals surface area contributed by atoms with Crippen LogP contribution in [-0.2, 0) is 16.6 Å². The summed E-state index contributed by atoms with van der Waals surface area (Å²) in [7, 11) is -1.91. The summed E-state index contributed by atoms with van der Waals surface area (Å²) in [6, 6.07) is 2.92. The summed E-state index contributed by atoms with van der Waals surface area (Å²) in [5.74, 6) is -1.24. The first-order valence-corrected chi connectivity index (χ1v) is 6.98. The van der Waals surface area contributed by atoms with Gasteiger partial charge in [0.05, 0.1) is 5.25 Å². The Balaban J connectivity index is 2.73. The highest BCUT2D eigenvalue weighted by Gasteiger charge is 2.19. The van der Waals surface area contributed by atoms with Crippen LogP contribution in [-0.4, -0.2) is 27.3 Å². The van der Waals surface area contributed by atoms with E-state index >= 15 is 0 Å². The average Bonchev–Trinajstić information content (AvgIpc) is 2.31. The Morgan fingerprint density at radius 3 is 2.61 bits per heavy atom. The van der Waals surface area contributed by atoms with Crippen LogP contribution in [0.4, 0.5) is 8.78 Å². The summed E-state index contributed by atoms with van der Waals surface area (Å²) >= 11 is 0. The third-order valence-corrected chi connectivity index (χ3v) is 4.27. The van der Waals surface area contributed by atoms with Crippen molar-refractivity contribution in [3.63, 3.8) is 0 Å².